The van der Waals surface area contributed by atoms with E-state index >= 15 is 0 Å². The molecule has 6 nitrogen and oxygen atoms in total. The minimum Gasteiger partial charge on any atom is -0.378 e. The fraction of sp³-hybridized carbons (Fsp3) is 0.429. The molecule has 0 bridgehead atoms. The maximum atomic E-state index is 11.9. The lowest BCUT2D eigenvalue weighted by molar-refractivity contribution is -0.120. The standard InChI is InChI=1S/C14H17N3O3/c18-14(16-8-10-9-19-6-5-15-10)7-12-11-3-1-2-4-13(11)20-17-12/h1-4,10,15H,5-9H2,(H,16,18). The van der Waals surface area contributed by atoms with Gasteiger partial charge in [-0.3, -0.25) is 4.79 Å². The summed E-state index contributed by atoms with van der Waals surface area (Å²) in [4.78, 5) is 11.9. The van der Waals surface area contributed by atoms with Crippen molar-refractivity contribution in [2.45, 2.75) is 12.5 Å². The number of nitrogens with one attached hydrogen (secondary N) is 2. The molecule has 106 valence electrons. The molecule has 0 aliphatic carbocycles. The Kier molecular flexibility index (Phi) is 3.94. The smallest absolute Gasteiger partial charge is 0.226 e. The van der Waals surface area contributed by atoms with Crippen LogP contribution in [0.25, 0.3) is 11.0 Å². The summed E-state index contributed by atoms with van der Waals surface area (Å²) in [6.45, 7) is 2.76. The highest BCUT2D eigenvalue weighted by atomic mass is 16.5. The van der Waals surface area contributed by atoms with E-state index in [1.165, 1.54) is 0 Å². The molecule has 2 heterocycles. The molecular formula is C14H17N3O3. The van der Waals surface area contributed by atoms with Crippen LogP contribution in [0.5, 0.6) is 0 Å². The number of aromatic nitrogens is 1. The highest BCUT2D eigenvalue weighted by Crippen LogP contribution is 2.17. The van der Waals surface area contributed by atoms with Crippen LogP contribution in [-0.4, -0.2) is 43.4 Å². The maximum absolute atomic E-state index is 11.9. The van der Waals surface area contributed by atoms with Crippen molar-refractivity contribution < 1.29 is 14.1 Å². The summed E-state index contributed by atoms with van der Waals surface area (Å²) < 4.78 is 10.5. The first-order valence-electron chi connectivity index (χ1n) is 6.74. The zero-order valence-electron chi connectivity index (χ0n) is 11.1. The van der Waals surface area contributed by atoms with E-state index in [1.807, 2.05) is 24.3 Å². The van der Waals surface area contributed by atoms with Gasteiger partial charge in [0.2, 0.25) is 5.91 Å². The highest BCUT2D eigenvalue weighted by molar-refractivity contribution is 5.86. The predicted octanol–water partition coefficient (Wildman–Crippen LogP) is 0.475. The van der Waals surface area contributed by atoms with Gasteiger partial charge >= 0.3 is 0 Å². The topological polar surface area (TPSA) is 76.4 Å². The summed E-state index contributed by atoms with van der Waals surface area (Å²) in [6, 6.07) is 7.72. The number of hydrogen-bond donors (Lipinski definition) is 2. The Morgan fingerprint density at radius 3 is 3.20 bits per heavy atom. The van der Waals surface area contributed by atoms with Crippen molar-refractivity contribution in [2.75, 3.05) is 26.3 Å². The SMILES string of the molecule is O=C(Cc1noc2ccccc12)NCC1COCCN1. The van der Waals surface area contributed by atoms with E-state index < -0.39 is 0 Å². The Bertz CT molecular complexity index is 590. The molecule has 1 aromatic carbocycles. The van der Waals surface area contributed by atoms with Crippen molar-refractivity contribution in [3.05, 3.63) is 30.0 Å². The fourth-order valence-electron chi connectivity index (χ4n) is 2.27. The Morgan fingerprint density at radius 1 is 1.45 bits per heavy atom. The molecular weight excluding hydrogens is 258 g/mol. The van der Waals surface area contributed by atoms with E-state index in [4.69, 9.17) is 9.26 Å². The molecule has 0 saturated carbocycles. The number of benzene rings is 1. The van der Waals surface area contributed by atoms with Gasteiger partial charge in [0.05, 0.1) is 19.6 Å². The van der Waals surface area contributed by atoms with Gasteiger partial charge in [0.1, 0.15) is 5.69 Å². The summed E-state index contributed by atoms with van der Waals surface area (Å²) in [5.74, 6) is -0.0589. The van der Waals surface area contributed by atoms with Gasteiger partial charge in [-0.2, -0.15) is 0 Å². The summed E-state index contributed by atoms with van der Waals surface area (Å²) in [5, 5.41) is 11.0. The zero-order chi connectivity index (χ0) is 13.8. The fourth-order valence-corrected chi connectivity index (χ4v) is 2.27. The molecule has 2 N–H and O–H groups in total. The molecule has 0 radical (unpaired) electrons. The van der Waals surface area contributed by atoms with Crippen LogP contribution in [0.15, 0.2) is 28.8 Å². The van der Waals surface area contributed by atoms with Crippen LogP contribution in [0.3, 0.4) is 0 Å². The first-order valence-corrected chi connectivity index (χ1v) is 6.74. The molecule has 1 aliphatic rings. The number of amides is 1. The van der Waals surface area contributed by atoms with Crippen molar-refractivity contribution in [3.8, 4) is 0 Å². The lowest BCUT2D eigenvalue weighted by Crippen LogP contribution is -2.48. The monoisotopic (exact) mass is 275 g/mol. The number of carbonyl (C=O) groups is 1. The predicted molar refractivity (Wildman–Crippen MR) is 73.3 cm³/mol. The second-order valence-electron chi connectivity index (χ2n) is 4.83. The van der Waals surface area contributed by atoms with Gasteiger partial charge in [-0.25, -0.2) is 0 Å². The van der Waals surface area contributed by atoms with Crippen molar-refractivity contribution >= 4 is 16.9 Å². The van der Waals surface area contributed by atoms with Gasteiger partial charge in [0, 0.05) is 24.5 Å². The third kappa shape index (κ3) is 2.97. The average molecular weight is 275 g/mol. The normalized spacial score (nSPS) is 19.1. The first kappa shape index (κ1) is 13.1. The lowest BCUT2D eigenvalue weighted by Gasteiger charge is -2.23. The number of hydrogen-bond acceptors (Lipinski definition) is 5. The summed E-state index contributed by atoms with van der Waals surface area (Å²) >= 11 is 0. The molecule has 1 amide bonds. The molecule has 3 rings (SSSR count). The second-order valence-corrected chi connectivity index (χ2v) is 4.83. The Balaban J connectivity index is 1.55. The Labute approximate surface area is 116 Å². The number of morpholine rings is 1. The van der Waals surface area contributed by atoms with E-state index in [0.29, 0.717) is 24.4 Å². The number of rotatable bonds is 4. The van der Waals surface area contributed by atoms with E-state index in [0.717, 1.165) is 18.5 Å². The van der Waals surface area contributed by atoms with Crippen molar-refractivity contribution in [2.24, 2.45) is 0 Å². The van der Waals surface area contributed by atoms with Crippen molar-refractivity contribution in [1.29, 1.82) is 0 Å². The Hall–Kier alpha value is -1.92. The second kappa shape index (κ2) is 6.02. The molecule has 1 unspecified atom stereocenters. The number of fused-ring (bicyclic) bond motifs is 1. The van der Waals surface area contributed by atoms with Gasteiger partial charge in [-0.15, -0.1) is 0 Å². The molecule has 2 aromatic rings. The average Bonchev–Trinajstić information content (AvgIpc) is 2.90. The van der Waals surface area contributed by atoms with Crippen LogP contribution in [0.4, 0.5) is 0 Å². The molecule has 1 aliphatic heterocycles. The molecule has 20 heavy (non-hydrogen) atoms. The van der Waals surface area contributed by atoms with Gasteiger partial charge in [0.25, 0.3) is 0 Å². The van der Waals surface area contributed by atoms with Crippen LogP contribution in [0.2, 0.25) is 0 Å². The molecule has 1 fully saturated rings. The number of ether oxygens (including phenoxy) is 1. The van der Waals surface area contributed by atoms with Crippen LogP contribution < -0.4 is 10.6 Å². The van der Waals surface area contributed by atoms with E-state index in [9.17, 15) is 4.79 Å². The van der Waals surface area contributed by atoms with E-state index in [1.54, 1.807) is 0 Å². The summed E-state index contributed by atoms with van der Waals surface area (Å²) in [6.07, 6.45) is 0.227. The van der Waals surface area contributed by atoms with Crippen LogP contribution >= 0.6 is 0 Å². The number of carbonyl (C=O) groups excluding carboxylic acids is 1. The largest absolute Gasteiger partial charge is 0.378 e. The minimum atomic E-state index is -0.0589. The summed E-state index contributed by atoms with van der Waals surface area (Å²) in [7, 11) is 0. The quantitative estimate of drug-likeness (QED) is 0.848. The molecule has 1 aromatic heterocycles. The van der Waals surface area contributed by atoms with E-state index in [-0.39, 0.29) is 18.4 Å². The zero-order valence-corrected chi connectivity index (χ0v) is 11.1. The highest BCUT2D eigenvalue weighted by Gasteiger charge is 2.15. The molecule has 1 saturated heterocycles. The lowest BCUT2D eigenvalue weighted by atomic mass is 10.1. The van der Waals surface area contributed by atoms with Crippen molar-refractivity contribution in [1.82, 2.24) is 15.8 Å². The van der Waals surface area contributed by atoms with Crippen molar-refractivity contribution in [3.63, 3.8) is 0 Å². The molecule has 1 atom stereocenters. The third-order valence-corrected chi connectivity index (χ3v) is 3.32. The first-order chi connectivity index (χ1) is 9.83. The number of nitrogens with zero attached hydrogens (tertiary/aromatic N) is 1. The molecule has 0 spiro atoms. The molecule has 6 heteroatoms. The van der Waals surface area contributed by atoms with Crippen LogP contribution in [0, 0.1) is 0 Å². The van der Waals surface area contributed by atoms with Crippen LogP contribution in [-0.2, 0) is 16.0 Å². The Morgan fingerprint density at radius 2 is 2.35 bits per heavy atom. The number of para-hydroxylation sites is 1. The van der Waals surface area contributed by atoms with Crippen LogP contribution in [0.1, 0.15) is 5.69 Å². The van der Waals surface area contributed by atoms with Gasteiger partial charge in [-0.1, -0.05) is 17.3 Å². The van der Waals surface area contributed by atoms with Gasteiger partial charge < -0.3 is 19.9 Å². The maximum Gasteiger partial charge on any atom is 0.226 e. The van der Waals surface area contributed by atoms with Gasteiger partial charge in [0.15, 0.2) is 5.58 Å². The summed E-state index contributed by atoms with van der Waals surface area (Å²) in [5.41, 5.74) is 1.38. The minimum absolute atomic E-state index is 0.0589. The van der Waals surface area contributed by atoms with E-state index in [2.05, 4.69) is 15.8 Å². The van der Waals surface area contributed by atoms with Gasteiger partial charge in [-0.05, 0) is 12.1 Å². The third-order valence-electron chi connectivity index (χ3n) is 3.32.